The van der Waals surface area contributed by atoms with Crippen LogP contribution in [0.2, 0.25) is 0 Å². The van der Waals surface area contributed by atoms with Gasteiger partial charge in [-0.3, -0.25) is 4.98 Å². The number of rotatable bonds is 1. The molecular weight excluding hydrogens is 136 g/mol. The highest BCUT2D eigenvalue weighted by Crippen LogP contribution is 1.98. The van der Waals surface area contributed by atoms with E-state index in [1.807, 2.05) is 33.0 Å². The van der Waals surface area contributed by atoms with Crippen LogP contribution in [-0.2, 0) is 6.54 Å². The van der Waals surface area contributed by atoms with Crippen LogP contribution in [0.1, 0.15) is 25.0 Å². The Bertz CT molecular complexity index is 197. The molecule has 0 aliphatic rings. The molecule has 0 bridgehead atoms. The molecule has 1 aromatic rings. The van der Waals surface area contributed by atoms with Crippen molar-refractivity contribution in [2.75, 3.05) is 0 Å². The van der Waals surface area contributed by atoms with E-state index in [0.29, 0.717) is 6.54 Å². The number of pyridine rings is 1. The second-order valence-corrected chi connectivity index (χ2v) is 2.07. The van der Waals surface area contributed by atoms with E-state index in [1.54, 1.807) is 6.20 Å². The van der Waals surface area contributed by atoms with Crippen LogP contribution in [-0.4, -0.2) is 4.98 Å². The molecule has 0 amide bonds. The molecule has 62 valence electrons. The Morgan fingerprint density at radius 2 is 2.00 bits per heavy atom. The molecular formula is C9H16N2. The Kier molecular flexibility index (Phi) is 5.39. The van der Waals surface area contributed by atoms with Crippen LogP contribution in [0.3, 0.4) is 0 Å². The second-order valence-electron chi connectivity index (χ2n) is 2.07. The van der Waals surface area contributed by atoms with Crippen LogP contribution in [0.25, 0.3) is 0 Å². The summed E-state index contributed by atoms with van der Waals surface area (Å²) in [5.74, 6) is 0. The first-order chi connectivity index (χ1) is 5.33. The number of aromatic nitrogens is 1. The Morgan fingerprint density at radius 3 is 2.36 bits per heavy atom. The third-order valence-corrected chi connectivity index (χ3v) is 1.17. The first kappa shape index (κ1) is 10.1. The number of aryl methyl sites for hydroxylation is 1. The van der Waals surface area contributed by atoms with Crippen LogP contribution < -0.4 is 5.73 Å². The predicted molar refractivity (Wildman–Crippen MR) is 48.2 cm³/mol. The lowest BCUT2D eigenvalue weighted by molar-refractivity contribution is 1.04. The van der Waals surface area contributed by atoms with Gasteiger partial charge < -0.3 is 5.73 Å². The van der Waals surface area contributed by atoms with Crippen LogP contribution in [0.5, 0.6) is 0 Å². The lowest BCUT2D eigenvalue weighted by Crippen LogP contribution is -1.96. The first-order valence-corrected chi connectivity index (χ1v) is 3.93. The molecule has 0 atom stereocenters. The zero-order chi connectivity index (χ0) is 8.69. The van der Waals surface area contributed by atoms with E-state index in [0.717, 1.165) is 11.1 Å². The molecule has 0 radical (unpaired) electrons. The Hall–Kier alpha value is -0.890. The van der Waals surface area contributed by atoms with Crippen molar-refractivity contribution in [3.8, 4) is 0 Å². The predicted octanol–water partition coefficient (Wildman–Crippen LogP) is 1.87. The molecule has 0 fully saturated rings. The molecule has 1 rings (SSSR count). The lowest BCUT2D eigenvalue weighted by Gasteiger charge is -1.94. The molecule has 1 aromatic heterocycles. The van der Waals surface area contributed by atoms with Gasteiger partial charge in [-0.2, -0.15) is 0 Å². The topological polar surface area (TPSA) is 38.9 Å². The summed E-state index contributed by atoms with van der Waals surface area (Å²) < 4.78 is 0. The molecule has 1 heterocycles. The van der Waals surface area contributed by atoms with Crippen molar-refractivity contribution in [1.29, 1.82) is 0 Å². The van der Waals surface area contributed by atoms with Gasteiger partial charge in [-0.15, -0.1) is 0 Å². The summed E-state index contributed by atoms with van der Waals surface area (Å²) in [6.07, 6.45) is 3.60. The summed E-state index contributed by atoms with van der Waals surface area (Å²) in [4.78, 5) is 3.98. The van der Waals surface area contributed by atoms with Crippen LogP contribution in [0.15, 0.2) is 18.5 Å². The van der Waals surface area contributed by atoms with Gasteiger partial charge in [0.25, 0.3) is 0 Å². The lowest BCUT2D eigenvalue weighted by atomic mass is 10.2. The Labute approximate surface area is 68.5 Å². The second kappa shape index (κ2) is 5.86. The third-order valence-electron chi connectivity index (χ3n) is 1.17. The fourth-order valence-corrected chi connectivity index (χ4v) is 0.729. The van der Waals surface area contributed by atoms with E-state index < -0.39 is 0 Å². The summed E-state index contributed by atoms with van der Waals surface area (Å²) in [5.41, 5.74) is 7.64. The minimum Gasteiger partial charge on any atom is -0.326 e. The van der Waals surface area contributed by atoms with Gasteiger partial charge in [-0.1, -0.05) is 19.9 Å². The number of nitrogens with zero attached hydrogens (tertiary/aromatic N) is 1. The van der Waals surface area contributed by atoms with Gasteiger partial charge in [0, 0.05) is 18.9 Å². The average Bonchev–Trinajstić information content (AvgIpc) is 2.08. The quantitative estimate of drug-likeness (QED) is 0.667. The van der Waals surface area contributed by atoms with Gasteiger partial charge >= 0.3 is 0 Å². The first-order valence-electron chi connectivity index (χ1n) is 3.93. The van der Waals surface area contributed by atoms with Crippen LogP contribution in [0, 0.1) is 6.92 Å². The van der Waals surface area contributed by atoms with Crippen molar-refractivity contribution in [2.24, 2.45) is 5.73 Å². The fraction of sp³-hybridized carbons (Fsp3) is 0.444. The van der Waals surface area contributed by atoms with Gasteiger partial charge in [-0.05, 0) is 18.1 Å². The molecule has 2 N–H and O–H groups in total. The summed E-state index contributed by atoms with van der Waals surface area (Å²) in [5, 5.41) is 0. The third kappa shape index (κ3) is 3.73. The van der Waals surface area contributed by atoms with Gasteiger partial charge in [0.1, 0.15) is 0 Å². The maximum atomic E-state index is 5.38. The largest absolute Gasteiger partial charge is 0.326 e. The highest BCUT2D eigenvalue weighted by molar-refractivity contribution is 5.15. The maximum absolute atomic E-state index is 5.38. The summed E-state index contributed by atoms with van der Waals surface area (Å²) in [6, 6.07) is 2.03. The molecule has 11 heavy (non-hydrogen) atoms. The number of hydrogen-bond acceptors (Lipinski definition) is 2. The van der Waals surface area contributed by atoms with Gasteiger partial charge in [0.15, 0.2) is 0 Å². The van der Waals surface area contributed by atoms with Gasteiger partial charge in [0.05, 0.1) is 0 Å². The SMILES string of the molecule is CC.Cc1cncc(CN)c1. The molecule has 0 aliphatic carbocycles. The summed E-state index contributed by atoms with van der Waals surface area (Å²) in [7, 11) is 0. The fourth-order valence-electron chi connectivity index (χ4n) is 0.729. The van der Waals surface area contributed by atoms with Gasteiger partial charge in [-0.25, -0.2) is 0 Å². The molecule has 0 aliphatic heterocycles. The van der Waals surface area contributed by atoms with Crippen LogP contribution in [0.4, 0.5) is 0 Å². The Morgan fingerprint density at radius 1 is 1.36 bits per heavy atom. The van der Waals surface area contributed by atoms with E-state index >= 15 is 0 Å². The highest BCUT2D eigenvalue weighted by Gasteiger charge is 1.87. The zero-order valence-corrected chi connectivity index (χ0v) is 7.46. The number of hydrogen-bond donors (Lipinski definition) is 1. The van der Waals surface area contributed by atoms with Crippen molar-refractivity contribution in [2.45, 2.75) is 27.3 Å². The molecule has 0 unspecified atom stereocenters. The molecule has 0 aromatic carbocycles. The van der Waals surface area contributed by atoms with Gasteiger partial charge in [0.2, 0.25) is 0 Å². The summed E-state index contributed by atoms with van der Waals surface area (Å²) >= 11 is 0. The highest BCUT2D eigenvalue weighted by atomic mass is 14.6. The molecule has 0 saturated carbocycles. The Balaban J connectivity index is 0.000000461. The van der Waals surface area contributed by atoms with Crippen molar-refractivity contribution in [1.82, 2.24) is 4.98 Å². The van der Waals surface area contributed by atoms with E-state index in [2.05, 4.69) is 4.98 Å². The van der Waals surface area contributed by atoms with E-state index in [4.69, 9.17) is 5.73 Å². The maximum Gasteiger partial charge on any atom is 0.0312 e. The van der Waals surface area contributed by atoms with Crippen molar-refractivity contribution in [3.05, 3.63) is 29.6 Å². The normalized spacial score (nSPS) is 8.36. The average molecular weight is 152 g/mol. The molecule has 2 heteroatoms. The van der Waals surface area contributed by atoms with Crippen molar-refractivity contribution < 1.29 is 0 Å². The summed E-state index contributed by atoms with van der Waals surface area (Å²) in [6.45, 7) is 6.58. The standard InChI is InChI=1S/C7H10N2.C2H6/c1-6-2-7(3-8)5-9-4-6;1-2/h2,4-5H,3,8H2,1H3;1-2H3. The smallest absolute Gasteiger partial charge is 0.0312 e. The monoisotopic (exact) mass is 152 g/mol. The zero-order valence-electron chi connectivity index (χ0n) is 7.46. The minimum atomic E-state index is 0.578. The van der Waals surface area contributed by atoms with Crippen molar-refractivity contribution >= 4 is 0 Å². The van der Waals surface area contributed by atoms with E-state index in [-0.39, 0.29) is 0 Å². The van der Waals surface area contributed by atoms with Crippen LogP contribution >= 0.6 is 0 Å². The van der Waals surface area contributed by atoms with Crippen molar-refractivity contribution in [3.63, 3.8) is 0 Å². The van der Waals surface area contributed by atoms with E-state index in [9.17, 15) is 0 Å². The molecule has 0 saturated heterocycles. The number of nitrogens with two attached hydrogens (primary N) is 1. The molecule has 2 nitrogen and oxygen atoms in total. The molecule has 0 spiro atoms. The van der Waals surface area contributed by atoms with E-state index in [1.165, 1.54) is 0 Å². The minimum absolute atomic E-state index is 0.578.